The van der Waals surface area contributed by atoms with Crippen LogP contribution < -0.4 is 10.6 Å². The largest absolute Gasteiger partial charge is 0.460 e. The van der Waals surface area contributed by atoms with Crippen LogP contribution in [0.5, 0.6) is 0 Å². The van der Waals surface area contributed by atoms with Crippen LogP contribution in [0.3, 0.4) is 0 Å². The molecule has 0 aromatic carbocycles. The lowest BCUT2D eigenvalue weighted by Crippen LogP contribution is -2.55. The first-order valence-corrected chi connectivity index (χ1v) is 15.4. The van der Waals surface area contributed by atoms with Crippen molar-refractivity contribution in [2.45, 2.75) is 116 Å². The molecule has 1 aliphatic heterocycles. The van der Waals surface area contributed by atoms with E-state index in [0.29, 0.717) is 12.8 Å². The van der Waals surface area contributed by atoms with Gasteiger partial charge in [-0.1, -0.05) is 91.6 Å². The van der Waals surface area contributed by atoms with Gasteiger partial charge in [-0.15, -0.1) is 0 Å². The number of carbonyl (C=O) groups excluding carboxylic acids is 5. The van der Waals surface area contributed by atoms with Gasteiger partial charge < -0.3 is 25.4 Å². The number of nitrogens with zero attached hydrogens (tertiary/aromatic N) is 1. The van der Waals surface area contributed by atoms with E-state index in [9.17, 15) is 29.1 Å². The van der Waals surface area contributed by atoms with Gasteiger partial charge in [0.15, 0.2) is 11.4 Å². The average molecular weight is 592 g/mol. The molecule has 0 aliphatic carbocycles. The summed E-state index contributed by atoms with van der Waals surface area (Å²) in [6.45, 7) is 9.81. The minimum atomic E-state index is -2.45. The van der Waals surface area contributed by atoms with Crippen LogP contribution in [0.2, 0.25) is 0 Å². The molecule has 238 valence electrons. The van der Waals surface area contributed by atoms with Gasteiger partial charge in [0.1, 0.15) is 12.6 Å². The number of unbranched alkanes of at least 4 members (excludes halogenated alkanes) is 9. The summed E-state index contributed by atoms with van der Waals surface area (Å²) >= 11 is 0. The van der Waals surface area contributed by atoms with E-state index >= 15 is 0 Å². The molecule has 0 unspecified atom stereocenters. The van der Waals surface area contributed by atoms with Crippen LogP contribution in [0.25, 0.3) is 0 Å². The maximum Gasteiger partial charge on any atom is 0.325 e. The van der Waals surface area contributed by atoms with Crippen molar-refractivity contribution in [3.05, 3.63) is 24.4 Å². The maximum atomic E-state index is 13.2. The molecular weight excluding hydrogens is 538 g/mol. The molecule has 0 bridgehead atoms. The lowest BCUT2D eigenvalue weighted by Gasteiger charge is -2.29. The van der Waals surface area contributed by atoms with Crippen molar-refractivity contribution in [1.29, 1.82) is 0 Å². The molecule has 42 heavy (non-hydrogen) atoms. The molecule has 10 heteroatoms. The van der Waals surface area contributed by atoms with Gasteiger partial charge in [-0.2, -0.15) is 0 Å². The Bertz CT molecular complexity index is 958. The van der Waals surface area contributed by atoms with Gasteiger partial charge >= 0.3 is 5.97 Å². The fraction of sp³-hybridized carbons (Fsp3) is 0.719. The molecule has 3 amide bonds. The van der Waals surface area contributed by atoms with E-state index in [1.807, 2.05) is 0 Å². The van der Waals surface area contributed by atoms with Crippen LogP contribution in [0.4, 0.5) is 0 Å². The number of hydrogen-bond acceptors (Lipinski definition) is 7. The van der Waals surface area contributed by atoms with E-state index in [4.69, 9.17) is 4.74 Å². The Hall–Kier alpha value is -3.01. The van der Waals surface area contributed by atoms with E-state index in [0.717, 1.165) is 43.1 Å². The molecule has 1 aliphatic rings. The number of cyclic esters (lactones) is 1. The number of allylic oxidation sites excluding steroid dienone is 1. The van der Waals surface area contributed by atoms with Crippen molar-refractivity contribution in [2.24, 2.45) is 11.8 Å². The first kappa shape index (κ1) is 37.0. The molecule has 3 N–H and O–H groups in total. The third kappa shape index (κ3) is 14.2. The standard InChI is InChI=1S/C32H53N3O7/c1-23(2)17-15-13-11-9-7-8-10-12-14-16-18-26-25(4)30(39)32(5,41)31(40)33-21-27(36)34-24(3)19-20-28(37)35(6)22-29(38)42-26/h19-20,23,25-26,41H,3,7-18,21-22H2,1-2,4-6H3,(H,33,40)(H,34,36)/b20-19+/t25-,26-,32-/m0/s1. The van der Waals surface area contributed by atoms with Crippen molar-refractivity contribution in [3.8, 4) is 0 Å². The number of Topliss-reactive ketones (excluding diaryl/α,β-unsaturated/α-hetero) is 1. The molecule has 0 saturated heterocycles. The summed E-state index contributed by atoms with van der Waals surface area (Å²) < 4.78 is 5.65. The first-order chi connectivity index (χ1) is 19.7. The van der Waals surface area contributed by atoms with Gasteiger partial charge in [0, 0.05) is 18.8 Å². The number of aliphatic hydroxyl groups is 1. The van der Waals surface area contributed by atoms with Crippen molar-refractivity contribution < 1.29 is 33.8 Å². The van der Waals surface area contributed by atoms with Crippen molar-refractivity contribution in [1.82, 2.24) is 15.5 Å². The Balaban J connectivity index is 2.77. The normalized spacial score (nSPS) is 24.3. The van der Waals surface area contributed by atoms with Gasteiger partial charge in [-0.05, 0) is 31.8 Å². The second-order valence-corrected chi connectivity index (χ2v) is 12.0. The Morgan fingerprint density at radius 1 is 0.976 bits per heavy atom. The number of esters is 1. The number of carbonyl (C=O) groups is 5. The Labute approximate surface area is 251 Å². The van der Waals surface area contributed by atoms with Gasteiger partial charge in [0.05, 0.1) is 12.5 Å². The van der Waals surface area contributed by atoms with Crippen LogP contribution in [0, 0.1) is 11.8 Å². The Kier molecular flexibility index (Phi) is 16.9. The second kappa shape index (κ2) is 19.2. The minimum Gasteiger partial charge on any atom is -0.460 e. The minimum absolute atomic E-state index is 0.0801. The molecule has 1 heterocycles. The molecule has 0 fully saturated rings. The molecule has 1 rings (SSSR count). The van der Waals surface area contributed by atoms with Gasteiger partial charge in [0.2, 0.25) is 11.8 Å². The summed E-state index contributed by atoms with van der Waals surface area (Å²) in [5.74, 6) is -3.98. The van der Waals surface area contributed by atoms with Gasteiger partial charge in [-0.3, -0.25) is 24.0 Å². The van der Waals surface area contributed by atoms with Gasteiger partial charge in [0.25, 0.3) is 5.91 Å². The molecule has 0 aromatic rings. The second-order valence-electron chi connectivity index (χ2n) is 12.0. The number of nitrogens with one attached hydrogen (secondary N) is 2. The number of amides is 3. The lowest BCUT2D eigenvalue weighted by molar-refractivity contribution is -0.162. The molecule has 0 radical (unpaired) electrons. The maximum absolute atomic E-state index is 13.2. The smallest absolute Gasteiger partial charge is 0.325 e. The third-order valence-corrected chi connectivity index (χ3v) is 7.58. The van der Waals surface area contributed by atoms with E-state index in [1.165, 1.54) is 65.0 Å². The van der Waals surface area contributed by atoms with Crippen LogP contribution in [-0.4, -0.2) is 71.3 Å². The summed E-state index contributed by atoms with van der Waals surface area (Å²) in [7, 11) is 1.42. The number of likely N-dealkylation sites (N-methyl/N-ethyl adjacent to an activating group) is 1. The Morgan fingerprint density at radius 2 is 1.52 bits per heavy atom. The topological polar surface area (TPSA) is 142 Å². The highest BCUT2D eigenvalue weighted by Gasteiger charge is 2.44. The highest BCUT2D eigenvalue weighted by atomic mass is 16.5. The van der Waals surface area contributed by atoms with Crippen LogP contribution in [-0.2, 0) is 28.7 Å². The fourth-order valence-electron chi connectivity index (χ4n) is 4.82. The van der Waals surface area contributed by atoms with E-state index in [-0.39, 0.29) is 12.2 Å². The molecule has 0 spiro atoms. The molecule has 10 nitrogen and oxygen atoms in total. The van der Waals surface area contributed by atoms with Crippen molar-refractivity contribution in [3.63, 3.8) is 0 Å². The zero-order valence-electron chi connectivity index (χ0n) is 26.3. The van der Waals surface area contributed by atoms with Crippen LogP contribution >= 0.6 is 0 Å². The van der Waals surface area contributed by atoms with Crippen LogP contribution in [0.15, 0.2) is 24.4 Å². The molecule has 0 saturated carbocycles. The zero-order chi connectivity index (χ0) is 31.7. The summed E-state index contributed by atoms with van der Waals surface area (Å²) in [6, 6.07) is 0. The predicted molar refractivity (Wildman–Crippen MR) is 162 cm³/mol. The quantitative estimate of drug-likeness (QED) is 0.167. The Morgan fingerprint density at radius 3 is 2.10 bits per heavy atom. The van der Waals surface area contributed by atoms with Crippen LogP contribution in [0.1, 0.15) is 105 Å². The zero-order valence-corrected chi connectivity index (χ0v) is 26.3. The summed E-state index contributed by atoms with van der Waals surface area (Å²) in [5, 5.41) is 15.4. The van der Waals surface area contributed by atoms with E-state index < -0.39 is 53.6 Å². The van der Waals surface area contributed by atoms with Crippen molar-refractivity contribution in [2.75, 3.05) is 20.1 Å². The molecular formula is C32H53N3O7. The van der Waals surface area contributed by atoms with Gasteiger partial charge in [-0.25, -0.2) is 0 Å². The number of ether oxygens (including phenoxy) is 1. The first-order valence-electron chi connectivity index (χ1n) is 15.4. The van der Waals surface area contributed by atoms with Crippen molar-refractivity contribution >= 4 is 29.5 Å². The molecule has 0 aromatic heterocycles. The predicted octanol–water partition coefficient (Wildman–Crippen LogP) is 3.97. The monoisotopic (exact) mass is 591 g/mol. The number of rotatable bonds is 13. The fourth-order valence-corrected chi connectivity index (χ4v) is 4.82. The number of ketones is 1. The van der Waals surface area contributed by atoms with E-state index in [1.54, 1.807) is 0 Å². The lowest BCUT2D eigenvalue weighted by atomic mass is 9.85. The summed E-state index contributed by atoms with van der Waals surface area (Å²) in [6.07, 6.45) is 14.5. The van der Waals surface area contributed by atoms with E-state index in [2.05, 4.69) is 31.1 Å². The summed E-state index contributed by atoms with van der Waals surface area (Å²) in [4.78, 5) is 64.3. The third-order valence-electron chi connectivity index (χ3n) is 7.58. The number of hydrogen-bond donors (Lipinski definition) is 3. The highest BCUT2D eigenvalue weighted by Crippen LogP contribution is 2.23. The SMILES string of the molecule is C=C1/C=C/C(=O)N(C)CC(=O)O[C@@H](CCCCCCCCCCCCC(C)C)[C@H](C)C(=O)[C@](C)(O)C(=O)NCC(=O)N1. The average Bonchev–Trinajstić information content (AvgIpc) is 2.92. The highest BCUT2D eigenvalue weighted by molar-refractivity contribution is 6.10. The summed E-state index contributed by atoms with van der Waals surface area (Å²) in [5.41, 5.74) is -2.37. The molecule has 3 atom stereocenters.